The second-order valence-corrected chi connectivity index (χ2v) is 3.98. The summed E-state index contributed by atoms with van der Waals surface area (Å²) in [5, 5.41) is 0. The van der Waals surface area contributed by atoms with E-state index in [2.05, 4.69) is 15.9 Å². The summed E-state index contributed by atoms with van der Waals surface area (Å²) in [6.07, 6.45) is -0.348. The van der Waals surface area contributed by atoms with Crippen molar-refractivity contribution in [2.24, 2.45) is 0 Å². The molecule has 0 aromatic heterocycles. The van der Waals surface area contributed by atoms with Crippen LogP contribution in [0.25, 0.3) is 0 Å². The Labute approximate surface area is 105 Å². The summed E-state index contributed by atoms with van der Waals surface area (Å²) in [6.45, 7) is 5.10. The van der Waals surface area contributed by atoms with Gasteiger partial charge in [0.05, 0.1) is 7.11 Å². The lowest BCUT2D eigenvalue weighted by Crippen LogP contribution is -2.09. The zero-order valence-electron chi connectivity index (χ0n) is 9.83. The zero-order chi connectivity index (χ0) is 12.0. The fourth-order valence-corrected chi connectivity index (χ4v) is 1.79. The first-order valence-electron chi connectivity index (χ1n) is 5.29. The molecule has 4 heteroatoms. The molecule has 0 saturated carbocycles. The van der Waals surface area contributed by atoms with Gasteiger partial charge in [0.2, 0.25) is 0 Å². The number of benzene rings is 1. The minimum Gasteiger partial charge on any atom is -0.497 e. The van der Waals surface area contributed by atoms with Crippen molar-refractivity contribution in [2.45, 2.75) is 20.1 Å². The average molecular weight is 289 g/mol. The molecule has 0 fully saturated rings. The number of methoxy groups -OCH3 is 1. The molecule has 16 heavy (non-hydrogen) atoms. The Kier molecular flexibility index (Phi) is 5.80. The molecule has 1 rings (SSSR count). The summed E-state index contributed by atoms with van der Waals surface area (Å²) in [4.78, 5) is 0. The first kappa shape index (κ1) is 13.5. The average Bonchev–Trinajstić information content (AvgIpc) is 2.29. The molecule has 90 valence electrons. The monoisotopic (exact) mass is 288 g/mol. The van der Waals surface area contributed by atoms with Crippen LogP contribution in [0, 0.1) is 0 Å². The molecular formula is C12H17BrO3. The Morgan fingerprint density at radius 3 is 2.31 bits per heavy atom. The summed E-state index contributed by atoms with van der Waals surface area (Å²) in [6, 6.07) is 5.74. The molecule has 0 radical (unpaired) electrons. The van der Waals surface area contributed by atoms with Crippen molar-refractivity contribution >= 4 is 15.9 Å². The van der Waals surface area contributed by atoms with E-state index in [-0.39, 0.29) is 6.29 Å². The number of hydrogen-bond donors (Lipinski definition) is 0. The van der Waals surface area contributed by atoms with Gasteiger partial charge in [0.15, 0.2) is 6.29 Å². The van der Waals surface area contributed by atoms with Gasteiger partial charge in [0, 0.05) is 23.2 Å². The van der Waals surface area contributed by atoms with Gasteiger partial charge in [-0.25, -0.2) is 0 Å². The van der Waals surface area contributed by atoms with E-state index in [1.165, 1.54) is 0 Å². The normalized spacial score (nSPS) is 10.8. The van der Waals surface area contributed by atoms with E-state index in [0.29, 0.717) is 13.2 Å². The highest BCUT2D eigenvalue weighted by molar-refractivity contribution is 9.10. The lowest BCUT2D eigenvalue weighted by atomic mass is 10.2. The molecule has 0 saturated heterocycles. The van der Waals surface area contributed by atoms with Crippen LogP contribution in [0.5, 0.6) is 5.75 Å². The SMILES string of the molecule is CCOC(OCC)c1cc(OC)ccc1Br. The molecule has 0 unspecified atom stereocenters. The molecule has 0 aliphatic carbocycles. The number of halogens is 1. The van der Waals surface area contributed by atoms with E-state index in [9.17, 15) is 0 Å². The van der Waals surface area contributed by atoms with Crippen LogP contribution in [-0.4, -0.2) is 20.3 Å². The highest BCUT2D eigenvalue weighted by Crippen LogP contribution is 2.30. The smallest absolute Gasteiger partial charge is 0.184 e. The molecule has 0 spiro atoms. The second kappa shape index (κ2) is 6.89. The van der Waals surface area contributed by atoms with Crippen molar-refractivity contribution < 1.29 is 14.2 Å². The third-order valence-electron chi connectivity index (χ3n) is 2.09. The zero-order valence-corrected chi connectivity index (χ0v) is 11.4. The Morgan fingerprint density at radius 2 is 1.81 bits per heavy atom. The molecule has 0 bridgehead atoms. The molecule has 0 aliphatic heterocycles. The van der Waals surface area contributed by atoms with Crippen molar-refractivity contribution in [2.75, 3.05) is 20.3 Å². The summed E-state index contributed by atoms with van der Waals surface area (Å²) in [5.41, 5.74) is 0.947. The summed E-state index contributed by atoms with van der Waals surface area (Å²) < 4.78 is 17.2. The summed E-state index contributed by atoms with van der Waals surface area (Å²) in [7, 11) is 1.64. The van der Waals surface area contributed by atoms with E-state index < -0.39 is 0 Å². The first-order chi connectivity index (χ1) is 7.72. The van der Waals surface area contributed by atoms with Crippen LogP contribution in [0.4, 0.5) is 0 Å². The molecular weight excluding hydrogens is 272 g/mol. The number of ether oxygens (including phenoxy) is 3. The maximum atomic E-state index is 5.54. The van der Waals surface area contributed by atoms with E-state index in [4.69, 9.17) is 14.2 Å². The Balaban J connectivity index is 2.96. The van der Waals surface area contributed by atoms with Crippen LogP contribution < -0.4 is 4.74 Å². The lowest BCUT2D eigenvalue weighted by molar-refractivity contribution is -0.140. The van der Waals surface area contributed by atoms with E-state index >= 15 is 0 Å². The minimum absolute atomic E-state index is 0.348. The van der Waals surface area contributed by atoms with Gasteiger partial charge < -0.3 is 14.2 Å². The molecule has 0 amide bonds. The Morgan fingerprint density at radius 1 is 1.19 bits per heavy atom. The maximum Gasteiger partial charge on any atom is 0.184 e. The van der Waals surface area contributed by atoms with Gasteiger partial charge in [-0.2, -0.15) is 0 Å². The van der Waals surface area contributed by atoms with Gasteiger partial charge in [-0.05, 0) is 32.0 Å². The number of hydrogen-bond acceptors (Lipinski definition) is 3. The van der Waals surface area contributed by atoms with E-state index in [1.807, 2.05) is 32.0 Å². The highest BCUT2D eigenvalue weighted by Gasteiger charge is 2.15. The molecule has 1 aromatic carbocycles. The van der Waals surface area contributed by atoms with Crippen LogP contribution >= 0.6 is 15.9 Å². The third-order valence-corrected chi connectivity index (χ3v) is 2.82. The molecule has 0 atom stereocenters. The van der Waals surface area contributed by atoms with E-state index in [1.54, 1.807) is 7.11 Å². The van der Waals surface area contributed by atoms with Crippen LogP contribution in [0.1, 0.15) is 25.7 Å². The predicted molar refractivity (Wildman–Crippen MR) is 66.7 cm³/mol. The molecule has 0 heterocycles. The van der Waals surface area contributed by atoms with Crippen LogP contribution in [0.3, 0.4) is 0 Å². The topological polar surface area (TPSA) is 27.7 Å². The van der Waals surface area contributed by atoms with Gasteiger partial charge in [-0.3, -0.25) is 0 Å². The van der Waals surface area contributed by atoms with Gasteiger partial charge in [-0.1, -0.05) is 15.9 Å². The molecule has 1 aromatic rings. The van der Waals surface area contributed by atoms with Crippen molar-refractivity contribution in [3.63, 3.8) is 0 Å². The van der Waals surface area contributed by atoms with Gasteiger partial charge in [0.1, 0.15) is 5.75 Å². The van der Waals surface area contributed by atoms with Crippen molar-refractivity contribution in [1.82, 2.24) is 0 Å². The van der Waals surface area contributed by atoms with Crippen LogP contribution in [-0.2, 0) is 9.47 Å². The van der Waals surface area contributed by atoms with Crippen molar-refractivity contribution in [3.05, 3.63) is 28.2 Å². The van der Waals surface area contributed by atoms with E-state index in [0.717, 1.165) is 15.8 Å². The quantitative estimate of drug-likeness (QED) is 0.750. The van der Waals surface area contributed by atoms with Crippen LogP contribution in [0.2, 0.25) is 0 Å². The third kappa shape index (κ3) is 3.47. The van der Waals surface area contributed by atoms with Gasteiger partial charge >= 0.3 is 0 Å². The van der Waals surface area contributed by atoms with Gasteiger partial charge in [-0.15, -0.1) is 0 Å². The highest BCUT2D eigenvalue weighted by atomic mass is 79.9. The van der Waals surface area contributed by atoms with Crippen molar-refractivity contribution in [1.29, 1.82) is 0 Å². The number of rotatable bonds is 6. The van der Waals surface area contributed by atoms with Crippen molar-refractivity contribution in [3.8, 4) is 5.75 Å². The Bertz CT molecular complexity index is 322. The minimum atomic E-state index is -0.348. The fourth-order valence-electron chi connectivity index (χ4n) is 1.36. The summed E-state index contributed by atoms with van der Waals surface area (Å²) >= 11 is 3.48. The Hall–Kier alpha value is -0.580. The predicted octanol–water partition coefficient (Wildman–Crippen LogP) is 3.53. The second-order valence-electron chi connectivity index (χ2n) is 3.13. The summed E-state index contributed by atoms with van der Waals surface area (Å²) in [5.74, 6) is 0.794. The first-order valence-corrected chi connectivity index (χ1v) is 6.08. The largest absolute Gasteiger partial charge is 0.497 e. The maximum absolute atomic E-state index is 5.54. The standard InChI is InChI=1S/C12H17BrO3/c1-4-15-12(16-5-2)10-8-9(14-3)6-7-11(10)13/h6-8,12H,4-5H2,1-3H3. The van der Waals surface area contributed by atoms with Gasteiger partial charge in [0.25, 0.3) is 0 Å². The molecule has 0 aliphatic rings. The lowest BCUT2D eigenvalue weighted by Gasteiger charge is -2.19. The molecule has 0 N–H and O–H groups in total. The van der Waals surface area contributed by atoms with Crippen LogP contribution in [0.15, 0.2) is 22.7 Å². The molecule has 3 nitrogen and oxygen atoms in total. The fraction of sp³-hybridized carbons (Fsp3) is 0.500.